The fourth-order valence-corrected chi connectivity index (χ4v) is 1.96. The second-order valence-electron chi connectivity index (χ2n) is 4.13. The average Bonchev–Trinajstić information content (AvgIpc) is 2.28. The van der Waals surface area contributed by atoms with Crippen molar-refractivity contribution in [3.05, 3.63) is 12.7 Å². The molecule has 16 heavy (non-hydrogen) atoms. The molecule has 4 heteroatoms. The number of methoxy groups -OCH3 is 1. The van der Waals surface area contributed by atoms with Crippen LogP contribution in [0.2, 0.25) is 0 Å². The van der Waals surface area contributed by atoms with Gasteiger partial charge in [-0.05, 0) is 13.3 Å². The zero-order valence-corrected chi connectivity index (χ0v) is 10.1. The maximum atomic E-state index is 11.7. The topological polar surface area (TPSA) is 44.8 Å². The smallest absolute Gasteiger partial charge is 0.311 e. The van der Waals surface area contributed by atoms with E-state index in [1.807, 2.05) is 13.8 Å². The normalized spacial score (nSPS) is 31.8. The van der Waals surface area contributed by atoms with Crippen molar-refractivity contribution in [1.82, 2.24) is 0 Å². The lowest BCUT2D eigenvalue weighted by Crippen LogP contribution is -2.44. The predicted molar refractivity (Wildman–Crippen MR) is 59.8 cm³/mol. The van der Waals surface area contributed by atoms with Crippen LogP contribution in [-0.4, -0.2) is 32.1 Å². The van der Waals surface area contributed by atoms with Crippen molar-refractivity contribution in [3.8, 4) is 0 Å². The Balaban J connectivity index is 2.74. The SMILES string of the molecule is C=CC[C@H](C(=O)OC)[C@@H]1OC(C)OC[C@@H]1C. The summed E-state index contributed by atoms with van der Waals surface area (Å²) < 4.78 is 15.8. The van der Waals surface area contributed by atoms with Gasteiger partial charge < -0.3 is 14.2 Å². The number of hydrogen-bond acceptors (Lipinski definition) is 4. The van der Waals surface area contributed by atoms with Crippen molar-refractivity contribution in [2.24, 2.45) is 11.8 Å². The van der Waals surface area contributed by atoms with Crippen LogP contribution in [0.1, 0.15) is 20.3 Å². The number of ether oxygens (including phenoxy) is 3. The molecule has 0 N–H and O–H groups in total. The zero-order valence-electron chi connectivity index (χ0n) is 10.1. The van der Waals surface area contributed by atoms with Crippen LogP contribution in [0.15, 0.2) is 12.7 Å². The Hall–Kier alpha value is -0.870. The first-order chi connectivity index (χ1) is 7.60. The molecule has 0 saturated carbocycles. The minimum atomic E-state index is -0.288. The summed E-state index contributed by atoms with van der Waals surface area (Å²) in [4.78, 5) is 11.7. The van der Waals surface area contributed by atoms with Crippen LogP contribution in [-0.2, 0) is 19.0 Å². The van der Waals surface area contributed by atoms with Crippen molar-refractivity contribution in [1.29, 1.82) is 0 Å². The average molecular weight is 228 g/mol. The molecule has 0 aromatic carbocycles. The summed E-state index contributed by atoms with van der Waals surface area (Å²) in [6.45, 7) is 8.11. The summed E-state index contributed by atoms with van der Waals surface area (Å²) >= 11 is 0. The van der Waals surface area contributed by atoms with Crippen molar-refractivity contribution in [2.45, 2.75) is 32.7 Å². The monoisotopic (exact) mass is 228 g/mol. The summed E-state index contributed by atoms with van der Waals surface area (Å²) in [5, 5.41) is 0. The molecular formula is C12H20O4. The largest absolute Gasteiger partial charge is 0.469 e. The van der Waals surface area contributed by atoms with E-state index in [0.29, 0.717) is 13.0 Å². The van der Waals surface area contributed by atoms with Gasteiger partial charge in [0.15, 0.2) is 6.29 Å². The van der Waals surface area contributed by atoms with Gasteiger partial charge in [-0.25, -0.2) is 0 Å². The van der Waals surface area contributed by atoms with Crippen molar-refractivity contribution >= 4 is 5.97 Å². The van der Waals surface area contributed by atoms with Gasteiger partial charge in [-0.3, -0.25) is 4.79 Å². The lowest BCUT2D eigenvalue weighted by Gasteiger charge is -2.36. The van der Waals surface area contributed by atoms with Gasteiger partial charge in [0.05, 0.1) is 25.7 Å². The van der Waals surface area contributed by atoms with E-state index in [0.717, 1.165) is 0 Å². The molecule has 0 amide bonds. The molecule has 1 saturated heterocycles. The fraction of sp³-hybridized carbons (Fsp3) is 0.750. The van der Waals surface area contributed by atoms with Gasteiger partial charge in [0.25, 0.3) is 0 Å². The molecule has 1 aliphatic rings. The van der Waals surface area contributed by atoms with Crippen molar-refractivity contribution in [3.63, 3.8) is 0 Å². The van der Waals surface area contributed by atoms with Gasteiger partial charge in [-0.1, -0.05) is 13.0 Å². The van der Waals surface area contributed by atoms with E-state index in [1.165, 1.54) is 7.11 Å². The molecule has 1 fully saturated rings. The molecule has 1 rings (SSSR count). The third-order valence-electron chi connectivity index (χ3n) is 2.82. The second-order valence-corrected chi connectivity index (χ2v) is 4.13. The molecule has 0 aromatic rings. The Morgan fingerprint density at radius 2 is 2.31 bits per heavy atom. The molecule has 0 aromatic heterocycles. The van der Waals surface area contributed by atoms with Crippen LogP contribution in [0.3, 0.4) is 0 Å². The molecule has 1 heterocycles. The first kappa shape index (κ1) is 13.2. The molecule has 0 radical (unpaired) electrons. The first-order valence-electron chi connectivity index (χ1n) is 5.56. The van der Waals surface area contributed by atoms with Crippen LogP contribution in [0, 0.1) is 11.8 Å². The number of carbonyl (C=O) groups excluding carboxylic acids is 1. The van der Waals surface area contributed by atoms with Crippen LogP contribution in [0.25, 0.3) is 0 Å². The third kappa shape index (κ3) is 3.06. The Kier molecular flexibility index (Phi) is 4.96. The first-order valence-corrected chi connectivity index (χ1v) is 5.56. The van der Waals surface area contributed by atoms with Crippen LogP contribution in [0.4, 0.5) is 0 Å². The molecule has 1 unspecified atom stereocenters. The number of carbonyl (C=O) groups is 1. The summed E-state index contributed by atoms with van der Waals surface area (Å²) in [5.41, 5.74) is 0. The van der Waals surface area contributed by atoms with Crippen molar-refractivity contribution < 1.29 is 19.0 Å². The quantitative estimate of drug-likeness (QED) is 0.543. The van der Waals surface area contributed by atoms with Gasteiger partial charge in [-0.2, -0.15) is 0 Å². The second kappa shape index (κ2) is 6.01. The van der Waals surface area contributed by atoms with Gasteiger partial charge >= 0.3 is 5.97 Å². The van der Waals surface area contributed by atoms with E-state index >= 15 is 0 Å². The maximum Gasteiger partial charge on any atom is 0.311 e. The van der Waals surface area contributed by atoms with Gasteiger partial charge in [0, 0.05) is 5.92 Å². The van der Waals surface area contributed by atoms with E-state index in [4.69, 9.17) is 14.2 Å². The molecule has 0 spiro atoms. The predicted octanol–water partition coefficient (Wildman–Crippen LogP) is 1.75. The van der Waals surface area contributed by atoms with Crippen molar-refractivity contribution in [2.75, 3.05) is 13.7 Å². The summed E-state index contributed by atoms with van der Waals surface area (Å²) in [5.74, 6) is -0.352. The number of allylic oxidation sites excluding steroid dienone is 1. The summed E-state index contributed by atoms with van der Waals surface area (Å²) in [6.07, 6.45) is 1.86. The van der Waals surface area contributed by atoms with E-state index in [-0.39, 0.29) is 30.2 Å². The molecule has 0 bridgehead atoms. The zero-order chi connectivity index (χ0) is 12.1. The lowest BCUT2D eigenvalue weighted by molar-refractivity contribution is -0.238. The molecule has 1 aliphatic heterocycles. The van der Waals surface area contributed by atoms with Gasteiger partial charge in [0.1, 0.15) is 0 Å². The molecular weight excluding hydrogens is 208 g/mol. The minimum absolute atomic E-state index is 0.158. The molecule has 92 valence electrons. The summed E-state index contributed by atoms with van der Waals surface area (Å²) in [6, 6.07) is 0. The summed E-state index contributed by atoms with van der Waals surface area (Å²) in [7, 11) is 1.39. The highest BCUT2D eigenvalue weighted by Crippen LogP contribution is 2.27. The van der Waals surface area contributed by atoms with Crippen LogP contribution in [0.5, 0.6) is 0 Å². The molecule has 0 aliphatic carbocycles. The Morgan fingerprint density at radius 3 is 2.88 bits per heavy atom. The minimum Gasteiger partial charge on any atom is -0.469 e. The van der Waals surface area contributed by atoms with E-state index < -0.39 is 0 Å². The Labute approximate surface area is 96.6 Å². The maximum absolute atomic E-state index is 11.7. The highest BCUT2D eigenvalue weighted by atomic mass is 16.7. The van der Waals surface area contributed by atoms with E-state index in [9.17, 15) is 4.79 Å². The Bertz CT molecular complexity index is 251. The number of hydrogen-bond donors (Lipinski definition) is 0. The van der Waals surface area contributed by atoms with E-state index in [2.05, 4.69) is 6.58 Å². The van der Waals surface area contributed by atoms with Gasteiger partial charge in [0.2, 0.25) is 0 Å². The van der Waals surface area contributed by atoms with E-state index in [1.54, 1.807) is 6.08 Å². The van der Waals surface area contributed by atoms with Gasteiger partial charge in [-0.15, -0.1) is 6.58 Å². The highest BCUT2D eigenvalue weighted by Gasteiger charge is 2.37. The Morgan fingerprint density at radius 1 is 1.62 bits per heavy atom. The number of rotatable bonds is 4. The van der Waals surface area contributed by atoms with Crippen LogP contribution < -0.4 is 0 Å². The molecule has 4 nitrogen and oxygen atoms in total. The lowest BCUT2D eigenvalue weighted by atomic mass is 9.89. The van der Waals surface area contributed by atoms with Crippen LogP contribution >= 0.6 is 0 Å². The standard InChI is InChI=1S/C12H20O4/c1-5-6-10(12(13)14-4)11-8(2)7-15-9(3)16-11/h5,8-11H,1,6-7H2,2-4H3/t8-,9?,10-,11+/m0/s1. The molecule has 4 atom stereocenters. The highest BCUT2D eigenvalue weighted by molar-refractivity contribution is 5.73. The third-order valence-corrected chi connectivity index (χ3v) is 2.82. The fourth-order valence-electron chi connectivity index (χ4n) is 1.96. The number of esters is 1.